The van der Waals surface area contributed by atoms with E-state index in [1.165, 1.54) is 19.4 Å². The van der Waals surface area contributed by atoms with Crippen LogP contribution in [0.2, 0.25) is 0 Å². The molecule has 1 aromatic rings. The van der Waals surface area contributed by atoms with Gasteiger partial charge in [0.2, 0.25) is 0 Å². The Bertz CT molecular complexity index is 359. The normalized spacial score (nSPS) is 38.9. The van der Waals surface area contributed by atoms with Crippen LogP contribution in [0.1, 0.15) is 38.2 Å². The van der Waals surface area contributed by atoms with E-state index in [1.54, 1.807) is 5.56 Å². The first-order chi connectivity index (χ1) is 7.77. The lowest BCUT2D eigenvalue weighted by molar-refractivity contribution is 0.250. The molecule has 1 aromatic carbocycles. The van der Waals surface area contributed by atoms with E-state index in [0.29, 0.717) is 0 Å². The summed E-state index contributed by atoms with van der Waals surface area (Å²) in [5.41, 5.74) is 1.55. The van der Waals surface area contributed by atoms with Gasteiger partial charge in [0.15, 0.2) is 0 Å². The van der Waals surface area contributed by atoms with Crippen molar-refractivity contribution in [2.24, 2.45) is 5.92 Å². The molecule has 2 saturated heterocycles. The van der Waals surface area contributed by atoms with E-state index in [4.69, 9.17) is 0 Å². The Morgan fingerprint density at radius 2 is 1.81 bits per heavy atom. The highest BCUT2D eigenvalue weighted by Gasteiger charge is 2.45. The third kappa shape index (κ3) is 1.49. The van der Waals surface area contributed by atoms with Gasteiger partial charge >= 0.3 is 0 Å². The number of hydrogen-bond donors (Lipinski definition) is 0. The fourth-order valence-corrected chi connectivity index (χ4v) is 3.82. The summed E-state index contributed by atoms with van der Waals surface area (Å²) < 4.78 is 0. The van der Waals surface area contributed by atoms with Gasteiger partial charge in [0.25, 0.3) is 0 Å². The summed E-state index contributed by atoms with van der Waals surface area (Å²) in [5.74, 6) is 1.58. The molecule has 2 fully saturated rings. The van der Waals surface area contributed by atoms with Crippen LogP contribution in [0.4, 0.5) is 0 Å². The van der Waals surface area contributed by atoms with Crippen LogP contribution in [0.3, 0.4) is 0 Å². The monoisotopic (exact) mass is 215 g/mol. The minimum absolute atomic E-state index is 0.770. The predicted octanol–water partition coefficient (Wildman–Crippen LogP) is 3.27. The minimum Gasteiger partial charge on any atom is -0.297 e. The molecule has 0 N–H and O–H groups in total. The summed E-state index contributed by atoms with van der Waals surface area (Å²) in [6.07, 6.45) is 2.78. The van der Waals surface area contributed by atoms with Crippen LogP contribution in [-0.4, -0.2) is 23.5 Å². The van der Waals surface area contributed by atoms with Gasteiger partial charge in [-0.3, -0.25) is 4.90 Å². The first kappa shape index (κ1) is 10.3. The molecule has 16 heavy (non-hydrogen) atoms. The standard InChI is InChI=1S/C15H21N/c1-11-10-16-12(2)8-9-14(16)15(11)13-6-4-3-5-7-13/h3-7,11-12,14-15H,8-10H2,1-2H3/t11-,12+,14-,15-/m1/s1. The number of rotatable bonds is 1. The molecule has 0 unspecified atom stereocenters. The van der Waals surface area contributed by atoms with Crippen LogP contribution in [0.15, 0.2) is 30.3 Å². The van der Waals surface area contributed by atoms with E-state index >= 15 is 0 Å². The van der Waals surface area contributed by atoms with Crippen molar-refractivity contribution in [3.8, 4) is 0 Å². The number of fused-ring (bicyclic) bond motifs is 1. The minimum atomic E-state index is 0.770. The molecule has 4 atom stereocenters. The van der Waals surface area contributed by atoms with E-state index < -0.39 is 0 Å². The van der Waals surface area contributed by atoms with Crippen LogP contribution < -0.4 is 0 Å². The third-order valence-electron chi connectivity index (χ3n) is 4.58. The first-order valence-electron chi connectivity index (χ1n) is 6.58. The third-order valence-corrected chi connectivity index (χ3v) is 4.58. The molecule has 1 nitrogen and oxygen atoms in total. The highest BCUT2D eigenvalue weighted by molar-refractivity contribution is 5.25. The average Bonchev–Trinajstić information content (AvgIpc) is 2.80. The van der Waals surface area contributed by atoms with E-state index in [-0.39, 0.29) is 0 Å². The molecule has 0 aliphatic carbocycles. The second kappa shape index (κ2) is 3.89. The number of nitrogens with zero attached hydrogens (tertiary/aromatic N) is 1. The number of benzene rings is 1. The van der Waals surface area contributed by atoms with Crippen molar-refractivity contribution in [2.45, 2.75) is 44.7 Å². The molecule has 0 radical (unpaired) electrons. The average molecular weight is 215 g/mol. The molecule has 0 aromatic heterocycles. The largest absolute Gasteiger partial charge is 0.297 e. The summed E-state index contributed by atoms with van der Waals surface area (Å²) in [6, 6.07) is 12.7. The van der Waals surface area contributed by atoms with Gasteiger partial charge in [-0.2, -0.15) is 0 Å². The molecule has 86 valence electrons. The molecule has 2 heterocycles. The molecule has 2 aliphatic heterocycles. The van der Waals surface area contributed by atoms with Gasteiger partial charge in [0.05, 0.1) is 0 Å². The van der Waals surface area contributed by atoms with Crippen molar-refractivity contribution in [1.29, 1.82) is 0 Å². The lowest BCUT2D eigenvalue weighted by atomic mass is 9.84. The first-order valence-corrected chi connectivity index (χ1v) is 6.58. The van der Waals surface area contributed by atoms with Crippen LogP contribution in [0.5, 0.6) is 0 Å². The highest BCUT2D eigenvalue weighted by atomic mass is 15.2. The maximum Gasteiger partial charge on any atom is 0.0170 e. The van der Waals surface area contributed by atoms with E-state index in [9.17, 15) is 0 Å². The summed E-state index contributed by atoms with van der Waals surface area (Å²) in [7, 11) is 0. The second-order valence-electron chi connectivity index (χ2n) is 5.60. The molecule has 0 saturated carbocycles. The zero-order valence-electron chi connectivity index (χ0n) is 10.3. The maximum atomic E-state index is 2.74. The summed E-state index contributed by atoms with van der Waals surface area (Å²) in [4.78, 5) is 2.74. The molecule has 1 heteroatoms. The number of hydrogen-bond acceptors (Lipinski definition) is 1. The van der Waals surface area contributed by atoms with Gasteiger partial charge < -0.3 is 0 Å². The molecule has 0 amide bonds. The summed E-state index contributed by atoms with van der Waals surface area (Å²) >= 11 is 0. The van der Waals surface area contributed by atoms with Gasteiger partial charge in [0, 0.05) is 24.5 Å². The van der Waals surface area contributed by atoms with Gasteiger partial charge in [0.1, 0.15) is 0 Å². The van der Waals surface area contributed by atoms with Gasteiger partial charge in [-0.1, -0.05) is 37.3 Å². The quantitative estimate of drug-likeness (QED) is 0.695. The summed E-state index contributed by atoms with van der Waals surface area (Å²) in [5, 5.41) is 0. The fraction of sp³-hybridized carbons (Fsp3) is 0.600. The van der Waals surface area contributed by atoms with E-state index in [0.717, 1.165) is 23.9 Å². The SMILES string of the molecule is C[C@@H]1CN2[C@H](CC[C@@H]2C)[C@H]1c1ccccc1. The Hall–Kier alpha value is -0.820. The molecular formula is C15H21N. The zero-order chi connectivity index (χ0) is 11.1. The molecule has 0 bridgehead atoms. The zero-order valence-corrected chi connectivity index (χ0v) is 10.3. The van der Waals surface area contributed by atoms with E-state index in [2.05, 4.69) is 49.1 Å². The Morgan fingerprint density at radius 3 is 2.56 bits per heavy atom. The van der Waals surface area contributed by atoms with Crippen molar-refractivity contribution in [2.75, 3.05) is 6.54 Å². The predicted molar refractivity (Wildman–Crippen MR) is 67.5 cm³/mol. The lowest BCUT2D eigenvalue weighted by Crippen LogP contribution is -2.30. The van der Waals surface area contributed by atoms with Crippen LogP contribution in [0.25, 0.3) is 0 Å². The van der Waals surface area contributed by atoms with Gasteiger partial charge in [-0.25, -0.2) is 0 Å². The van der Waals surface area contributed by atoms with Crippen molar-refractivity contribution in [3.63, 3.8) is 0 Å². The highest BCUT2D eigenvalue weighted by Crippen LogP contribution is 2.44. The van der Waals surface area contributed by atoms with Gasteiger partial charge in [-0.05, 0) is 31.2 Å². The van der Waals surface area contributed by atoms with Crippen molar-refractivity contribution >= 4 is 0 Å². The van der Waals surface area contributed by atoms with Crippen LogP contribution in [-0.2, 0) is 0 Å². The lowest BCUT2D eigenvalue weighted by Gasteiger charge is -2.23. The van der Waals surface area contributed by atoms with E-state index in [1.807, 2.05) is 0 Å². The molecule has 3 rings (SSSR count). The molecular weight excluding hydrogens is 194 g/mol. The fourth-order valence-electron chi connectivity index (χ4n) is 3.82. The maximum absolute atomic E-state index is 2.74. The Balaban J connectivity index is 1.91. The molecule has 2 aliphatic rings. The van der Waals surface area contributed by atoms with Crippen LogP contribution in [0, 0.1) is 5.92 Å². The van der Waals surface area contributed by atoms with Crippen molar-refractivity contribution < 1.29 is 0 Å². The smallest absolute Gasteiger partial charge is 0.0170 e. The topological polar surface area (TPSA) is 3.24 Å². The Labute approximate surface area is 98.5 Å². The van der Waals surface area contributed by atoms with Crippen molar-refractivity contribution in [3.05, 3.63) is 35.9 Å². The Kier molecular flexibility index (Phi) is 2.51. The van der Waals surface area contributed by atoms with Crippen molar-refractivity contribution in [1.82, 2.24) is 4.90 Å². The molecule has 0 spiro atoms. The second-order valence-corrected chi connectivity index (χ2v) is 5.60. The Morgan fingerprint density at radius 1 is 1.06 bits per heavy atom. The van der Waals surface area contributed by atoms with Gasteiger partial charge in [-0.15, -0.1) is 0 Å². The summed E-state index contributed by atoms with van der Waals surface area (Å²) in [6.45, 7) is 6.11. The van der Waals surface area contributed by atoms with Crippen LogP contribution >= 0.6 is 0 Å².